The Balaban J connectivity index is 2.45. The fraction of sp³-hybridized carbons (Fsp3) is 0.455. The van der Waals surface area contributed by atoms with E-state index in [1.165, 1.54) is 11.6 Å². The molecule has 0 saturated carbocycles. The molecule has 0 amide bonds. The average molecular weight is 214 g/mol. The molecule has 76 valence electrons. The molecule has 0 aromatic heterocycles. The lowest BCUT2D eigenvalue weighted by molar-refractivity contribution is 0.104. The van der Waals surface area contributed by atoms with Crippen LogP contribution in [0.4, 0.5) is 8.78 Å². The molecule has 0 nitrogen and oxygen atoms in total. The molecule has 0 aliphatic heterocycles. The van der Waals surface area contributed by atoms with E-state index in [0.29, 0.717) is 5.92 Å². The summed E-state index contributed by atoms with van der Waals surface area (Å²) in [5, 5.41) is 0. The zero-order chi connectivity index (χ0) is 10.3. The second-order valence-electron chi connectivity index (χ2n) is 3.98. The Bertz CT molecular complexity index is 355. The molecule has 3 heteroatoms. The summed E-state index contributed by atoms with van der Waals surface area (Å²) in [5.74, 6) is 0.428. The second kappa shape index (κ2) is 3.27. The maximum Gasteiger partial charge on any atom is 0.283 e. The summed E-state index contributed by atoms with van der Waals surface area (Å²) in [6, 6.07) is 5.02. The number of rotatable bonds is 1. The van der Waals surface area contributed by atoms with Gasteiger partial charge in [-0.2, -0.15) is 8.78 Å². The Labute approximate surface area is 84.9 Å². The number of hydrogen-bond donors (Lipinski definition) is 0. The SMILES string of the molecule is CC1CCc2ccc(C(F)(F)P)cc21. The maximum atomic E-state index is 13.0. The monoisotopic (exact) mass is 214 g/mol. The van der Waals surface area contributed by atoms with Gasteiger partial charge in [0.1, 0.15) is 0 Å². The lowest BCUT2D eigenvalue weighted by atomic mass is 10.0. The van der Waals surface area contributed by atoms with Crippen LogP contribution in [0.25, 0.3) is 0 Å². The predicted molar refractivity (Wildman–Crippen MR) is 56.8 cm³/mol. The summed E-state index contributed by atoms with van der Waals surface area (Å²) in [6.45, 7) is 2.09. The van der Waals surface area contributed by atoms with Gasteiger partial charge in [-0.1, -0.05) is 28.3 Å². The molecule has 2 rings (SSSR count). The highest BCUT2D eigenvalue weighted by atomic mass is 31.0. The van der Waals surface area contributed by atoms with Crippen molar-refractivity contribution in [1.29, 1.82) is 0 Å². The fourth-order valence-electron chi connectivity index (χ4n) is 2.02. The van der Waals surface area contributed by atoms with E-state index in [-0.39, 0.29) is 5.56 Å². The molecule has 0 heterocycles. The summed E-state index contributed by atoms with van der Waals surface area (Å²) >= 11 is 0. The second-order valence-corrected chi connectivity index (χ2v) is 4.70. The Kier molecular flexibility index (Phi) is 2.35. The molecule has 1 aromatic carbocycles. The Morgan fingerprint density at radius 2 is 2.14 bits per heavy atom. The number of halogens is 2. The molecule has 1 aliphatic rings. The zero-order valence-electron chi connectivity index (χ0n) is 8.06. The van der Waals surface area contributed by atoms with Crippen LogP contribution in [0.3, 0.4) is 0 Å². The first-order valence-corrected chi connectivity index (χ1v) is 5.36. The van der Waals surface area contributed by atoms with Crippen molar-refractivity contribution in [1.82, 2.24) is 0 Å². The molecular weight excluding hydrogens is 201 g/mol. The van der Waals surface area contributed by atoms with Gasteiger partial charge in [0.05, 0.1) is 0 Å². The van der Waals surface area contributed by atoms with Crippen LogP contribution in [-0.2, 0) is 12.1 Å². The number of hydrogen-bond acceptors (Lipinski definition) is 0. The van der Waals surface area contributed by atoms with Crippen molar-refractivity contribution < 1.29 is 8.78 Å². The van der Waals surface area contributed by atoms with E-state index in [2.05, 4.69) is 6.92 Å². The van der Waals surface area contributed by atoms with Crippen molar-refractivity contribution in [3.63, 3.8) is 0 Å². The van der Waals surface area contributed by atoms with Gasteiger partial charge in [0.2, 0.25) is 0 Å². The Morgan fingerprint density at radius 1 is 1.43 bits per heavy atom. The number of alkyl halides is 2. The highest BCUT2D eigenvalue weighted by molar-refractivity contribution is 7.17. The maximum absolute atomic E-state index is 13.0. The fourth-order valence-corrected chi connectivity index (χ4v) is 2.20. The van der Waals surface area contributed by atoms with Gasteiger partial charge in [-0.25, -0.2) is 0 Å². The van der Waals surface area contributed by atoms with Gasteiger partial charge in [-0.3, -0.25) is 0 Å². The molecule has 0 bridgehead atoms. The van der Waals surface area contributed by atoms with Crippen molar-refractivity contribution in [3.05, 3.63) is 34.9 Å². The summed E-state index contributed by atoms with van der Waals surface area (Å²) in [5.41, 5.74) is -0.354. The van der Waals surface area contributed by atoms with Gasteiger partial charge in [0.15, 0.2) is 0 Å². The van der Waals surface area contributed by atoms with Crippen LogP contribution in [0.1, 0.15) is 36.0 Å². The number of aryl methyl sites for hydroxylation is 1. The Hall–Kier alpha value is -0.490. The normalized spacial score (nSPS) is 21.0. The summed E-state index contributed by atoms with van der Waals surface area (Å²) in [7, 11) is 1.59. The molecule has 1 aliphatic carbocycles. The van der Waals surface area contributed by atoms with Crippen molar-refractivity contribution in [2.24, 2.45) is 0 Å². The molecule has 2 atom stereocenters. The van der Waals surface area contributed by atoms with Gasteiger partial charge >= 0.3 is 0 Å². The minimum absolute atomic E-state index is 0.106. The predicted octanol–water partition coefficient (Wildman–Crippen LogP) is 3.66. The third-order valence-electron chi connectivity index (χ3n) is 2.91. The van der Waals surface area contributed by atoms with Gasteiger partial charge < -0.3 is 0 Å². The van der Waals surface area contributed by atoms with Crippen molar-refractivity contribution >= 4 is 9.24 Å². The van der Waals surface area contributed by atoms with Crippen LogP contribution in [0.2, 0.25) is 0 Å². The van der Waals surface area contributed by atoms with Crippen LogP contribution in [-0.4, -0.2) is 0 Å². The first-order chi connectivity index (χ1) is 6.48. The van der Waals surface area contributed by atoms with Gasteiger partial charge in [-0.15, -0.1) is 0 Å². The van der Waals surface area contributed by atoms with Crippen molar-refractivity contribution in [3.8, 4) is 0 Å². The van der Waals surface area contributed by atoms with E-state index < -0.39 is 5.66 Å². The van der Waals surface area contributed by atoms with Crippen LogP contribution in [0, 0.1) is 0 Å². The largest absolute Gasteiger partial charge is 0.283 e. The third-order valence-corrected chi connectivity index (χ3v) is 3.24. The smallest absolute Gasteiger partial charge is 0.197 e. The molecule has 0 fully saturated rings. The van der Waals surface area contributed by atoms with Crippen LogP contribution in [0.15, 0.2) is 18.2 Å². The molecule has 0 saturated heterocycles. The van der Waals surface area contributed by atoms with Crippen LogP contribution < -0.4 is 0 Å². The zero-order valence-corrected chi connectivity index (χ0v) is 9.21. The van der Waals surface area contributed by atoms with Gasteiger partial charge in [0, 0.05) is 5.56 Å². The van der Waals surface area contributed by atoms with Crippen molar-refractivity contribution in [2.75, 3.05) is 0 Å². The minimum atomic E-state index is -2.79. The molecule has 14 heavy (non-hydrogen) atoms. The third kappa shape index (κ3) is 1.68. The number of benzene rings is 1. The summed E-state index contributed by atoms with van der Waals surface area (Å²) < 4.78 is 26.0. The number of fused-ring (bicyclic) bond motifs is 1. The van der Waals surface area contributed by atoms with Gasteiger partial charge in [-0.05, 0) is 36.0 Å². The first kappa shape index (κ1) is 10.0. The van der Waals surface area contributed by atoms with Crippen molar-refractivity contribution in [2.45, 2.75) is 31.3 Å². The minimum Gasteiger partial charge on any atom is -0.197 e. The topological polar surface area (TPSA) is 0 Å². The highest BCUT2D eigenvalue weighted by Crippen LogP contribution is 2.39. The van der Waals surface area contributed by atoms with Gasteiger partial charge in [0.25, 0.3) is 5.66 Å². The highest BCUT2D eigenvalue weighted by Gasteiger charge is 2.27. The van der Waals surface area contributed by atoms with Crippen LogP contribution in [0.5, 0.6) is 0 Å². The molecule has 2 unspecified atom stereocenters. The average Bonchev–Trinajstić information content (AvgIpc) is 2.46. The molecule has 0 spiro atoms. The standard InChI is InChI=1S/C11H13F2P/c1-7-2-3-8-4-5-9(6-10(7)8)11(12,13)14/h4-7H,2-3,14H2,1H3. The lowest BCUT2D eigenvalue weighted by Crippen LogP contribution is -2.03. The quantitative estimate of drug-likeness (QED) is 0.626. The summed E-state index contributed by atoms with van der Waals surface area (Å²) in [6.07, 6.45) is 2.11. The lowest BCUT2D eigenvalue weighted by Gasteiger charge is -2.13. The Morgan fingerprint density at radius 3 is 2.79 bits per heavy atom. The van der Waals surface area contributed by atoms with E-state index >= 15 is 0 Å². The molecular formula is C11H13F2P. The van der Waals surface area contributed by atoms with E-state index in [9.17, 15) is 8.78 Å². The molecule has 0 radical (unpaired) electrons. The summed E-state index contributed by atoms with van der Waals surface area (Å²) in [4.78, 5) is 0. The van der Waals surface area contributed by atoms with Crippen LogP contribution >= 0.6 is 9.24 Å². The van der Waals surface area contributed by atoms with E-state index in [4.69, 9.17) is 0 Å². The van der Waals surface area contributed by atoms with E-state index in [1.54, 1.807) is 15.3 Å². The van der Waals surface area contributed by atoms with E-state index in [1.807, 2.05) is 6.07 Å². The molecule has 1 aromatic rings. The van der Waals surface area contributed by atoms with E-state index in [0.717, 1.165) is 18.4 Å². The molecule has 0 N–H and O–H groups in total. The first-order valence-electron chi connectivity index (χ1n) is 4.78.